The van der Waals surface area contributed by atoms with E-state index in [1.807, 2.05) is 19.0 Å². The summed E-state index contributed by atoms with van der Waals surface area (Å²) in [5.41, 5.74) is 0. The number of hydrogen-bond donors (Lipinski definition) is 1. The van der Waals surface area contributed by atoms with Gasteiger partial charge in [-0.3, -0.25) is 4.79 Å². The summed E-state index contributed by atoms with van der Waals surface area (Å²) in [6.45, 7) is 3.77. The van der Waals surface area contributed by atoms with Crippen LogP contribution in [0.2, 0.25) is 0 Å². The van der Waals surface area contributed by atoms with Crippen molar-refractivity contribution < 1.29 is 4.79 Å². The molecule has 3 heteroatoms. The average Bonchev–Trinajstić information content (AvgIpc) is 2.01. The highest BCUT2D eigenvalue weighted by molar-refractivity contribution is 5.75. The van der Waals surface area contributed by atoms with Crippen LogP contribution in [0.3, 0.4) is 0 Å². The number of hydrogen-bond acceptors (Lipinski definition) is 2. The third-order valence-electron chi connectivity index (χ3n) is 1.64. The van der Waals surface area contributed by atoms with E-state index in [2.05, 4.69) is 12.2 Å². The molecule has 72 valence electrons. The molecule has 1 amide bonds. The number of carbonyl (C=O) groups excluding carboxylic acids is 1. The van der Waals surface area contributed by atoms with E-state index in [-0.39, 0.29) is 5.91 Å². The lowest BCUT2D eigenvalue weighted by Crippen LogP contribution is -2.27. The molecule has 0 heterocycles. The van der Waals surface area contributed by atoms with Crippen LogP contribution < -0.4 is 5.32 Å². The lowest BCUT2D eigenvalue weighted by atomic mass is 10.3. The van der Waals surface area contributed by atoms with Crippen molar-refractivity contribution >= 4 is 5.91 Å². The average molecular weight is 172 g/mol. The summed E-state index contributed by atoms with van der Waals surface area (Å²) in [6.07, 6.45) is 2.82. The topological polar surface area (TPSA) is 32.3 Å². The first kappa shape index (κ1) is 11.4. The molecule has 12 heavy (non-hydrogen) atoms. The highest BCUT2D eigenvalue weighted by atomic mass is 16.1. The Morgan fingerprint density at radius 3 is 2.58 bits per heavy atom. The molecule has 0 atom stereocenters. The second kappa shape index (κ2) is 7.10. The van der Waals surface area contributed by atoms with Gasteiger partial charge in [-0.25, -0.2) is 0 Å². The van der Waals surface area contributed by atoms with Crippen LogP contribution in [-0.2, 0) is 4.79 Å². The molecule has 0 aromatic heterocycles. The molecule has 0 aliphatic heterocycles. The van der Waals surface area contributed by atoms with Gasteiger partial charge in [0.1, 0.15) is 0 Å². The molecular weight excluding hydrogens is 152 g/mol. The van der Waals surface area contributed by atoms with Gasteiger partial charge in [0.15, 0.2) is 0 Å². The SMILES string of the molecule is CCCCNC(=O)CCN(C)C. The largest absolute Gasteiger partial charge is 0.356 e. The smallest absolute Gasteiger partial charge is 0.221 e. The van der Waals surface area contributed by atoms with Gasteiger partial charge in [0.25, 0.3) is 0 Å². The van der Waals surface area contributed by atoms with Crippen LogP contribution in [0.25, 0.3) is 0 Å². The predicted molar refractivity (Wildman–Crippen MR) is 51.1 cm³/mol. The van der Waals surface area contributed by atoms with Crippen molar-refractivity contribution in [2.45, 2.75) is 26.2 Å². The first-order valence-corrected chi connectivity index (χ1v) is 4.58. The standard InChI is InChI=1S/C9H20N2O/c1-4-5-7-10-9(12)6-8-11(2)3/h4-8H2,1-3H3,(H,10,12). The minimum Gasteiger partial charge on any atom is -0.356 e. The van der Waals surface area contributed by atoms with Crippen molar-refractivity contribution in [3.8, 4) is 0 Å². The van der Waals surface area contributed by atoms with E-state index in [4.69, 9.17) is 0 Å². The van der Waals surface area contributed by atoms with Crippen LogP contribution in [0, 0.1) is 0 Å². The molecule has 0 fully saturated rings. The molecule has 0 aromatic rings. The summed E-state index contributed by atoms with van der Waals surface area (Å²) >= 11 is 0. The Morgan fingerprint density at radius 1 is 1.42 bits per heavy atom. The predicted octanol–water partition coefficient (Wildman–Crippen LogP) is 0.854. The number of nitrogens with one attached hydrogen (secondary N) is 1. The zero-order valence-corrected chi connectivity index (χ0v) is 8.39. The summed E-state index contributed by atoms with van der Waals surface area (Å²) in [5.74, 6) is 0.164. The fourth-order valence-corrected chi connectivity index (χ4v) is 0.818. The van der Waals surface area contributed by atoms with Crippen LogP contribution in [0.1, 0.15) is 26.2 Å². The monoisotopic (exact) mass is 172 g/mol. The molecule has 0 spiro atoms. The van der Waals surface area contributed by atoms with Gasteiger partial charge in [-0.2, -0.15) is 0 Å². The molecule has 0 rings (SSSR count). The highest BCUT2D eigenvalue weighted by Gasteiger charge is 1.99. The molecular formula is C9H20N2O. The molecule has 0 saturated carbocycles. The molecule has 3 nitrogen and oxygen atoms in total. The van der Waals surface area contributed by atoms with Gasteiger partial charge < -0.3 is 10.2 Å². The number of nitrogens with zero attached hydrogens (tertiary/aromatic N) is 1. The molecule has 0 bridgehead atoms. The van der Waals surface area contributed by atoms with Gasteiger partial charge >= 0.3 is 0 Å². The van der Waals surface area contributed by atoms with Gasteiger partial charge in [-0.1, -0.05) is 13.3 Å². The second-order valence-corrected chi connectivity index (χ2v) is 3.26. The minimum atomic E-state index is 0.164. The number of unbranched alkanes of at least 4 members (excludes halogenated alkanes) is 1. The van der Waals surface area contributed by atoms with Crippen molar-refractivity contribution in [1.82, 2.24) is 10.2 Å². The normalized spacial score (nSPS) is 10.3. The van der Waals surface area contributed by atoms with Gasteiger partial charge in [0, 0.05) is 19.5 Å². The Labute approximate surface area is 75.1 Å². The van der Waals surface area contributed by atoms with E-state index in [0.717, 1.165) is 25.9 Å². The third-order valence-corrected chi connectivity index (χ3v) is 1.64. The minimum absolute atomic E-state index is 0.164. The maximum absolute atomic E-state index is 11.1. The van der Waals surface area contributed by atoms with E-state index >= 15 is 0 Å². The van der Waals surface area contributed by atoms with Crippen molar-refractivity contribution in [3.63, 3.8) is 0 Å². The second-order valence-electron chi connectivity index (χ2n) is 3.26. The summed E-state index contributed by atoms with van der Waals surface area (Å²) in [4.78, 5) is 13.1. The van der Waals surface area contributed by atoms with E-state index < -0.39 is 0 Å². The first-order chi connectivity index (χ1) is 5.66. The van der Waals surface area contributed by atoms with E-state index in [9.17, 15) is 4.79 Å². The Kier molecular flexibility index (Phi) is 6.76. The van der Waals surface area contributed by atoms with E-state index in [0.29, 0.717) is 6.42 Å². The summed E-state index contributed by atoms with van der Waals surface area (Å²) in [5, 5.41) is 2.87. The lowest BCUT2D eigenvalue weighted by molar-refractivity contribution is -0.121. The Hall–Kier alpha value is -0.570. The van der Waals surface area contributed by atoms with Crippen molar-refractivity contribution in [2.24, 2.45) is 0 Å². The van der Waals surface area contributed by atoms with E-state index in [1.54, 1.807) is 0 Å². The molecule has 1 N–H and O–H groups in total. The first-order valence-electron chi connectivity index (χ1n) is 4.58. The van der Waals surface area contributed by atoms with Crippen LogP contribution in [0.5, 0.6) is 0 Å². The Bertz CT molecular complexity index is 124. The number of carbonyl (C=O) groups is 1. The number of amides is 1. The van der Waals surface area contributed by atoms with Gasteiger partial charge in [0.05, 0.1) is 0 Å². The summed E-state index contributed by atoms with van der Waals surface area (Å²) < 4.78 is 0. The third kappa shape index (κ3) is 7.54. The van der Waals surface area contributed by atoms with Crippen LogP contribution >= 0.6 is 0 Å². The zero-order valence-electron chi connectivity index (χ0n) is 8.39. The van der Waals surface area contributed by atoms with Gasteiger partial charge in [-0.05, 0) is 20.5 Å². The van der Waals surface area contributed by atoms with Crippen molar-refractivity contribution in [3.05, 3.63) is 0 Å². The fraction of sp³-hybridized carbons (Fsp3) is 0.889. The molecule has 0 aromatic carbocycles. The summed E-state index contributed by atoms with van der Waals surface area (Å²) in [6, 6.07) is 0. The molecule has 0 aliphatic rings. The van der Waals surface area contributed by atoms with E-state index in [1.165, 1.54) is 0 Å². The van der Waals surface area contributed by atoms with Crippen LogP contribution in [0.15, 0.2) is 0 Å². The Balaban J connectivity index is 3.22. The number of rotatable bonds is 6. The van der Waals surface area contributed by atoms with Crippen LogP contribution in [-0.4, -0.2) is 38.0 Å². The van der Waals surface area contributed by atoms with Crippen molar-refractivity contribution in [2.75, 3.05) is 27.2 Å². The Morgan fingerprint density at radius 2 is 2.08 bits per heavy atom. The quantitative estimate of drug-likeness (QED) is 0.603. The van der Waals surface area contributed by atoms with Gasteiger partial charge in [0.2, 0.25) is 5.91 Å². The van der Waals surface area contributed by atoms with Gasteiger partial charge in [-0.15, -0.1) is 0 Å². The molecule has 0 radical (unpaired) electrons. The molecule has 0 aliphatic carbocycles. The summed E-state index contributed by atoms with van der Waals surface area (Å²) in [7, 11) is 3.94. The van der Waals surface area contributed by atoms with Crippen LogP contribution in [0.4, 0.5) is 0 Å². The fourth-order valence-electron chi connectivity index (χ4n) is 0.818. The highest BCUT2D eigenvalue weighted by Crippen LogP contribution is 1.86. The maximum atomic E-state index is 11.1. The lowest BCUT2D eigenvalue weighted by Gasteiger charge is -2.08. The maximum Gasteiger partial charge on any atom is 0.221 e. The zero-order chi connectivity index (χ0) is 9.40. The van der Waals surface area contributed by atoms with Crippen molar-refractivity contribution in [1.29, 1.82) is 0 Å². The molecule has 0 saturated heterocycles. The molecule has 0 unspecified atom stereocenters.